The fourth-order valence-electron chi connectivity index (χ4n) is 8.70. The van der Waals surface area contributed by atoms with Crippen molar-refractivity contribution in [2.45, 2.75) is 78.5 Å². The molecule has 1 saturated carbocycles. The van der Waals surface area contributed by atoms with Gasteiger partial charge >= 0.3 is 6.36 Å². The van der Waals surface area contributed by atoms with Gasteiger partial charge in [-0.15, -0.1) is 13.2 Å². The van der Waals surface area contributed by atoms with Crippen molar-refractivity contribution in [1.82, 2.24) is 4.90 Å². The van der Waals surface area contributed by atoms with Gasteiger partial charge in [0.2, 0.25) is 5.91 Å². The standard InChI is InChI=1S/C36H46F3N3O3/c1-24-6-4-5-7-31(24)26(3)28-14-18-41(23-28)29-10-13-32(25(2)22-29)42-21-17-35(34(42)44)15-19-40(20-16-35)33(43)27-8-11-30(12-9-27)45-36(37,38)39/h8-13,22,24,26,28,31H,4-7,14-21,23H2,1-3H3. The number of ether oxygens (including phenoxy) is 1. The van der Waals surface area contributed by atoms with Gasteiger partial charge in [0.05, 0.1) is 5.41 Å². The number of piperidine rings is 1. The molecule has 3 heterocycles. The summed E-state index contributed by atoms with van der Waals surface area (Å²) in [5.41, 5.74) is 3.15. The number of alkyl halides is 3. The second kappa shape index (κ2) is 12.5. The van der Waals surface area contributed by atoms with Gasteiger partial charge in [0, 0.05) is 49.7 Å². The molecule has 3 saturated heterocycles. The van der Waals surface area contributed by atoms with Crippen LogP contribution < -0.4 is 14.5 Å². The van der Waals surface area contributed by atoms with Crippen LogP contribution in [-0.2, 0) is 4.79 Å². The van der Waals surface area contributed by atoms with Crippen LogP contribution in [0.15, 0.2) is 42.5 Å². The van der Waals surface area contributed by atoms with Crippen LogP contribution in [0.25, 0.3) is 0 Å². The summed E-state index contributed by atoms with van der Waals surface area (Å²) in [6.45, 7) is 10.8. The monoisotopic (exact) mass is 625 g/mol. The highest BCUT2D eigenvalue weighted by Crippen LogP contribution is 2.45. The quantitative estimate of drug-likeness (QED) is 0.328. The predicted molar refractivity (Wildman–Crippen MR) is 169 cm³/mol. The first-order valence-corrected chi connectivity index (χ1v) is 16.8. The van der Waals surface area contributed by atoms with E-state index < -0.39 is 11.8 Å². The largest absolute Gasteiger partial charge is 0.573 e. The number of halogens is 3. The third kappa shape index (κ3) is 6.54. The highest BCUT2D eigenvalue weighted by molar-refractivity contribution is 6.01. The minimum absolute atomic E-state index is 0.135. The topological polar surface area (TPSA) is 53.1 Å². The van der Waals surface area contributed by atoms with Crippen LogP contribution in [0.2, 0.25) is 0 Å². The zero-order valence-electron chi connectivity index (χ0n) is 26.7. The molecule has 2 amide bonds. The van der Waals surface area contributed by atoms with Gasteiger partial charge in [0.25, 0.3) is 5.91 Å². The number of hydrogen-bond acceptors (Lipinski definition) is 4. The maximum Gasteiger partial charge on any atom is 0.573 e. The lowest BCUT2D eigenvalue weighted by molar-refractivity contribution is -0.274. The van der Waals surface area contributed by atoms with Gasteiger partial charge in [-0.05, 0) is 111 Å². The van der Waals surface area contributed by atoms with E-state index in [2.05, 4.69) is 48.6 Å². The summed E-state index contributed by atoms with van der Waals surface area (Å²) in [6, 6.07) is 11.6. The van der Waals surface area contributed by atoms with E-state index >= 15 is 0 Å². The lowest BCUT2D eigenvalue weighted by Crippen LogP contribution is -2.46. The molecular weight excluding hydrogens is 579 g/mol. The summed E-state index contributed by atoms with van der Waals surface area (Å²) in [4.78, 5) is 33.1. The molecule has 9 heteroatoms. The number of rotatable bonds is 6. The maximum atomic E-state index is 13.9. The Balaban J connectivity index is 1.05. The summed E-state index contributed by atoms with van der Waals surface area (Å²) in [5.74, 6) is 2.69. The van der Waals surface area contributed by atoms with Crippen LogP contribution in [0.1, 0.15) is 81.1 Å². The van der Waals surface area contributed by atoms with Crippen molar-refractivity contribution in [2.75, 3.05) is 42.5 Å². The summed E-state index contributed by atoms with van der Waals surface area (Å²) in [5, 5.41) is 0. The minimum Gasteiger partial charge on any atom is -0.406 e. The first kappa shape index (κ1) is 31.7. The number of hydrogen-bond donors (Lipinski definition) is 0. The van der Waals surface area contributed by atoms with Gasteiger partial charge in [0.1, 0.15) is 5.75 Å². The molecule has 0 radical (unpaired) electrons. The molecule has 6 rings (SSSR count). The number of amides is 2. The summed E-state index contributed by atoms with van der Waals surface area (Å²) in [7, 11) is 0. The highest BCUT2D eigenvalue weighted by atomic mass is 19.4. The Hall–Kier alpha value is -3.23. The number of nitrogens with zero attached hydrogens (tertiary/aromatic N) is 3. The fraction of sp³-hybridized carbons (Fsp3) is 0.611. The van der Waals surface area contributed by atoms with Gasteiger partial charge in [-0.2, -0.15) is 0 Å². The van der Waals surface area contributed by atoms with Crippen molar-refractivity contribution in [3.05, 3.63) is 53.6 Å². The van der Waals surface area contributed by atoms with Gasteiger partial charge in [-0.25, -0.2) is 0 Å². The molecule has 2 aromatic carbocycles. The van der Waals surface area contributed by atoms with Gasteiger partial charge in [-0.1, -0.05) is 33.1 Å². The van der Waals surface area contributed by atoms with E-state index in [9.17, 15) is 22.8 Å². The fourth-order valence-corrected chi connectivity index (χ4v) is 8.70. The van der Waals surface area contributed by atoms with Crippen molar-refractivity contribution < 1.29 is 27.5 Å². The molecule has 0 N–H and O–H groups in total. The van der Waals surface area contributed by atoms with Gasteiger partial charge < -0.3 is 19.4 Å². The average molecular weight is 626 g/mol. The smallest absolute Gasteiger partial charge is 0.406 e. The Morgan fingerprint density at radius 1 is 0.956 bits per heavy atom. The molecule has 0 aromatic heterocycles. The number of aryl methyl sites for hydroxylation is 1. The van der Waals surface area contributed by atoms with Crippen LogP contribution in [0.4, 0.5) is 24.5 Å². The molecule has 4 fully saturated rings. The number of carbonyl (C=O) groups is 2. The normalized spacial score (nSPS) is 26.0. The molecule has 45 heavy (non-hydrogen) atoms. The predicted octanol–water partition coefficient (Wildman–Crippen LogP) is 7.84. The Bertz CT molecular complexity index is 1390. The summed E-state index contributed by atoms with van der Waals surface area (Å²) < 4.78 is 41.3. The zero-order chi connectivity index (χ0) is 31.9. The Kier molecular flexibility index (Phi) is 8.83. The number of benzene rings is 2. The SMILES string of the molecule is Cc1cc(N2CCC(C(C)C3CCCCC3C)C2)ccc1N1CCC2(CCN(C(=O)c3ccc(OC(F)(F)F)cc3)CC2)C1=O. The molecule has 4 atom stereocenters. The van der Waals surface area contributed by atoms with Crippen LogP contribution in [-0.4, -0.2) is 55.8 Å². The molecule has 1 spiro atoms. The van der Waals surface area contributed by atoms with E-state index in [4.69, 9.17) is 0 Å². The van der Waals surface area contributed by atoms with E-state index in [0.717, 1.165) is 66.6 Å². The van der Waals surface area contributed by atoms with Crippen LogP contribution in [0.3, 0.4) is 0 Å². The third-order valence-electron chi connectivity index (χ3n) is 11.5. The summed E-state index contributed by atoms with van der Waals surface area (Å²) >= 11 is 0. The Labute approximate surface area is 264 Å². The van der Waals surface area contributed by atoms with Crippen LogP contribution in [0, 0.1) is 36.0 Å². The van der Waals surface area contributed by atoms with Crippen LogP contribution >= 0.6 is 0 Å². The average Bonchev–Trinajstić information content (AvgIpc) is 3.63. The number of anilines is 2. The van der Waals surface area contributed by atoms with Crippen molar-refractivity contribution in [3.63, 3.8) is 0 Å². The Morgan fingerprint density at radius 3 is 2.31 bits per heavy atom. The molecule has 2 aromatic rings. The number of likely N-dealkylation sites (tertiary alicyclic amines) is 1. The summed E-state index contributed by atoms with van der Waals surface area (Å²) in [6.07, 6.45) is 3.89. The molecule has 244 valence electrons. The highest BCUT2D eigenvalue weighted by Gasteiger charge is 2.49. The third-order valence-corrected chi connectivity index (χ3v) is 11.5. The molecule has 3 aliphatic heterocycles. The van der Waals surface area contributed by atoms with E-state index in [1.54, 1.807) is 4.90 Å². The number of carbonyl (C=O) groups excluding carboxylic acids is 2. The second-order valence-electron chi connectivity index (χ2n) is 14.1. The van der Waals surface area contributed by atoms with E-state index in [1.807, 2.05) is 4.90 Å². The maximum absolute atomic E-state index is 13.9. The van der Waals surface area contributed by atoms with E-state index in [-0.39, 0.29) is 17.6 Å². The molecule has 4 unspecified atom stereocenters. The molecule has 6 nitrogen and oxygen atoms in total. The van der Waals surface area contributed by atoms with E-state index in [0.29, 0.717) is 38.0 Å². The van der Waals surface area contributed by atoms with Crippen molar-refractivity contribution in [2.24, 2.45) is 29.1 Å². The molecule has 4 aliphatic rings. The second-order valence-corrected chi connectivity index (χ2v) is 14.1. The van der Waals surface area contributed by atoms with E-state index in [1.165, 1.54) is 49.9 Å². The first-order valence-electron chi connectivity index (χ1n) is 16.8. The lowest BCUT2D eigenvalue weighted by Gasteiger charge is -2.38. The molecule has 0 bridgehead atoms. The van der Waals surface area contributed by atoms with Gasteiger partial charge in [0.15, 0.2) is 0 Å². The van der Waals surface area contributed by atoms with Crippen molar-refractivity contribution >= 4 is 23.2 Å². The minimum atomic E-state index is -4.78. The Morgan fingerprint density at radius 2 is 1.64 bits per heavy atom. The van der Waals surface area contributed by atoms with Crippen molar-refractivity contribution in [1.29, 1.82) is 0 Å². The zero-order valence-corrected chi connectivity index (χ0v) is 26.7. The van der Waals surface area contributed by atoms with Crippen LogP contribution in [0.5, 0.6) is 5.75 Å². The first-order chi connectivity index (χ1) is 21.4. The van der Waals surface area contributed by atoms with Crippen molar-refractivity contribution in [3.8, 4) is 5.75 Å². The molecular formula is C36H46F3N3O3. The lowest BCUT2D eigenvalue weighted by atomic mass is 9.69. The molecule has 1 aliphatic carbocycles. The van der Waals surface area contributed by atoms with Gasteiger partial charge in [-0.3, -0.25) is 9.59 Å².